The molecule has 0 saturated carbocycles. The van der Waals surface area contributed by atoms with Gasteiger partial charge in [-0.1, -0.05) is 0 Å². The summed E-state index contributed by atoms with van der Waals surface area (Å²) in [5.74, 6) is 2.55. The molecule has 0 atom stereocenters. The summed E-state index contributed by atoms with van der Waals surface area (Å²) in [4.78, 5) is 25.3. The summed E-state index contributed by atoms with van der Waals surface area (Å²) in [5, 5.41) is 13.1. The molecule has 1 aromatic carbocycles. The number of rotatable bonds is 6. The van der Waals surface area contributed by atoms with Gasteiger partial charge in [0.25, 0.3) is 5.91 Å². The number of aryl methyl sites for hydroxylation is 2. The molecule has 3 heterocycles. The molecule has 4 aromatic rings. The third-order valence-electron chi connectivity index (χ3n) is 4.21. The third-order valence-corrected chi connectivity index (χ3v) is 4.89. The van der Waals surface area contributed by atoms with Crippen molar-refractivity contribution in [2.45, 2.75) is 13.8 Å². The summed E-state index contributed by atoms with van der Waals surface area (Å²) in [6.07, 6.45) is 1.75. The lowest BCUT2D eigenvalue weighted by Crippen LogP contribution is -2.10. The summed E-state index contributed by atoms with van der Waals surface area (Å²) in [6.45, 7) is 3.85. The van der Waals surface area contributed by atoms with Gasteiger partial charge in [-0.25, -0.2) is 15.0 Å². The number of pyridine rings is 1. The maximum absolute atomic E-state index is 12.1. The Hall–Kier alpha value is -3.78. The predicted molar refractivity (Wildman–Crippen MR) is 121 cm³/mol. The van der Waals surface area contributed by atoms with Crippen molar-refractivity contribution in [1.29, 1.82) is 0 Å². The van der Waals surface area contributed by atoms with Gasteiger partial charge in [-0.2, -0.15) is 11.3 Å². The zero-order valence-electron chi connectivity index (χ0n) is 16.5. The fraction of sp³-hybridized carbons (Fsp3) is 0.0909. The van der Waals surface area contributed by atoms with Gasteiger partial charge in [-0.15, -0.1) is 0 Å². The lowest BCUT2D eigenvalue weighted by Gasteiger charge is -2.11. The standard InChI is InChI=1S/C22H20N6OS/c1-14-7-9-23-19(11-14)28-21-12-20(24-15(2)25-21)26-17-3-5-18(6-4-17)27-22(29)16-8-10-30-13-16/h3-13H,1-2H3,(H,27,29)(H2,23,24,25,26,28). The van der Waals surface area contributed by atoms with Crippen LogP contribution in [0.25, 0.3) is 0 Å². The van der Waals surface area contributed by atoms with E-state index in [1.807, 2.05) is 67.1 Å². The van der Waals surface area contributed by atoms with E-state index in [1.165, 1.54) is 11.3 Å². The molecule has 0 spiro atoms. The molecule has 3 aromatic heterocycles. The first-order valence-electron chi connectivity index (χ1n) is 9.31. The van der Waals surface area contributed by atoms with Crippen molar-refractivity contribution in [3.8, 4) is 0 Å². The molecule has 0 aliphatic heterocycles. The second-order valence-corrected chi connectivity index (χ2v) is 7.48. The molecule has 8 heteroatoms. The van der Waals surface area contributed by atoms with Crippen LogP contribution in [0.4, 0.5) is 28.8 Å². The zero-order valence-corrected chi connectivity index (χ0v) is 17.3. The number of anilines is 5. The minimum atomic E-state index is -0.121. The van der Waals surface area contributed by atoms with Crippen molar-refractivity contribution < 1.29 is 4.79 Å². The lowest BCUT2D eigenvalue weighted by molar-refractivity contribution is 0.102. The van der Waals surface area contributed by atoms with Crippen molar-refractivity contribution in [2.75, 3.05) is 16.0 Å². The third kappa shape index (κ3) is 4.98. The van der Waals surface area contributed by atoms with Crippen molar-refractivity contribution in [3.63, 3.8) is 0 Å². The summed E-state index contributed by atoms with van der Waals surface area (Å²) in [5.41, 5.74) is 3.34. The van der Waals surface area contributed by atoms with Crippen LogP contribution in [0.2, 0.25) is 0 Å². The number of benzene rings is 1. The highest BCUT2D eigenvalue weighted by Crippen LogP contribution is 2.22. The van der Waals surface area contributed by atoms with Crippen LogP contribution >= 0.6 is 11.3 Å². The second kappa shape index (κ2) is 8.71. The summed E-state index contributed by atoms with van der Waals surface area (Å²) < 4.78 is 0. The first-order chi connectivity index (χ1) is 14.5. The second-order valence-electron chi connectivity index (χ2n) is 6.70. The molecule has 0 bridgehead atoms. The average Bonchev–Trinajstić information content (AvgIpc) is 3.24. The van der Waals surface area contributed by atoms with Crippen molar-refractivity contribution in [2.24, 2.45) is 0 Å². The molecule has 0 aliphatic carbocycles. The van der Waals surface area contributed by atoms with Crippen LogP contribution in [0.5, 0.6) is 0 Å². The number of aromatic nitrogens is 3. The predicted octanol–water partition coefficient (Wildman–Crippen LogP) is 5.29. The van der Waals surface area contributed by atoms with Crippen LogP contribution in [0, 0.1) is 13.8 Å². The smallest absolute Gasteiger partial charge is 0.256 e. The molecular weight excluding hydrogens is 396 g/mol. The van der Waals surface area contributed by atoms with Crippen molar-refractivity contribution in [3.05, 3.63) is 82.4 Å². The fourth-order valence-electron chi connectivity index (χ4n) is 2.81. The first kappa shape index (κ1) is 19.5. The zero-order chi connectivity index (χ0) is 20.9. The van der Waals surface area contributed by atoms with Gasteiger partial charge >= 0.3 is 0 Å². The van der Waals surface area contributed by atoms with E-state index < -0.39 is 0 Å². The molecular formula is C22H20N6OS. The minimum absolute atomic E-state index is 0.121. The largest absolute Gasteiger partial charge is 0.340 e. The quantitative estimate of drug-likeness (QED) is 0.396. The van der Waals surface area contributed by atoms with Gasteiger partial charge in [-0.05, 0) is 67.3 Å². The van der Waals surface area contributed by atoms with Gasteiger partial charge in [0.2, 0.25) is 0 Å². The SMILES string of the molecule is Cc1ccnc(Nc2cc(Nc3ccc(NC(=O)c4ccsc4)cc3)nc(C)n2)c1. The number of hydrogen-bond donors (Lipinski definition) is 3. The number of nitrogens with one attached hydrogen (secondary N) is 3. The van der Waals surface area contributed by atoms with Gasteiger partial charge < -0.3 is 16.0 Å². The van der Waals surface area contributed by atoms with E-state index in [1.54, 1.807) is 12.3 Å². The molecule has 0 radical (unpaired) electrons. The van der Waals surface area contributed by atoms with E-state index in [0.717, 1.165) is 22.8 Å². The van der Waals surface area contributed by atoms with E-state index in [0.29, 0.717) is 23.0 Å². The highest BCUT2D eigenvalue weighted by molar-refractivity contribution is 7.08. The van der Waals surface area contributed by atoms with E-state index in [2.05, 4.69) is 30.9 Å². The van der Waals surface area contributed by atoms with E-state index in [-0.39, 0.29) is 5.91 Å². The van der Waals surface area contributed by atoms with Gasteiger partial charge in [0.1, 0.15) is 23.3 Å². The number of carbonyl (C=O) groups excluding carboxylic acids is 1. The van der Waals surface area contributed by atoms with Gasteiger partial charge in [0, 0.05) is 29.0 Å². The molecule has 0 unspecified atom stereocenters. The molecule has 4 rings (SSSR count). The van der Waals surface area contributed by atoms with Crippen molar-refractivity contribution in [1.82, 2.24) is 15.0 Å². The van der Waals surface area contributed by atoms with Crippen molar-refractivity contribution >= 4 is 46.1 Å². The van der Waals surface area contributed by atoms with E-state index in [4.69, 9.17) is 0 Å². The number of amides is 1. The molecule has 3 N–H and O–H groups in total. The normalized spacial score (nSPS) is 10.5. The Bertz CT molecular complexity index is 1160. The monoisotopic (exact) mass is 416 g/mol. The van der Waals surface area contributed by atoms with Gasteiger partial charge in [-0.3, -0.25) is 4.79 Å². The van der Waals surface area contributed by atoms with Crippen LogP contribution in [0.3, 0.4) is 0 Å². The van der Waals surface area contributed by atoms with Gasteiger partial charge in [0.15, 0.2) is 0 Å². The fourth-order valence-corrected chi connectivity index (χ4v) is 3.45. The van der Waals surface area contributed by atoms with Crippen LogP contribution in [0.1, 0.15) is 21.7 Å². The number of nitrogens with zero attached hydrogens (tertiary/aromatic N) is 3. The highest BCUT2D eigenvalue weighted by Gasteiger charge is 2.07. The Morgan fingerprint density at radius 2 is 1.60 bits per heavy atom. The topological polar surface area (TPSA) is 91.8 Å². The van der Waals surface area contributed by atoms with E-state index >= 15 is 0 Å². The number of carbonyl (C=O) groups is 1. The molecule has 0 saturated heterocycles. The average molecular weight is 417 g/mol. The number of hydrogen-bond acceptors (Lipinski definition) is 7. The Labute approximate surface area is 178 Å². The Morgan fingerprint density at radius 1 is 0.867 bits per heavy atom. The maximum atomic E-state index is 12.1. The molecule has 1 amide bonds. The summed E-state index contributed by atoms with van der Waals surface area (Å²) in [6, 6.07) is 15.0. The molecule has 150 valence electrons. The molecule has 0 aliphatic rings. The Kier molecular flexibility index (Phi) is 5.67. The van der Waals surface area contributed by atoms with Crippen LogP contribution in [-0.2, 0) is 0 Å². The van der Waals surface area contributed by atoms with Crippen LogP contribution in [-0.4, -0.2) is 20.9 Å². The Balaban J connectivity index is 1.44. The van der Waals surface area contributed by atoms with Gasteiger partial charge in [0.05, 0.1) is 5.56 Å². The molecule has 0 fully saturated rings. The maximum Gasteiger partial charge on any atom is 0.256 e. The Morgan fingerprint density at radius 3 is 2.30 bits per heavy atom. The molecule has 30 heavy (non-hydrogen) atoms. The highest BCUT2D eigenvalue weighted by atomic mass is 32.1. The lowest BCUT2D eigenvalue weighted by atomic mass is 10.2. The van der Waals surface area contributed by atoms with Crippen LogP contribution < -0.4 is 16.0 Å². The first-order valence-corrected chi connectivity index (χ1v) is 10.3. The number of thiophene rings is 1. The van der Waals surface area contributed by atoms with E-state index in [9.17, 15) is 4.79 Å². The summed E-state index contributed by atoms with van der Waals surface area (Å²) in [7, 11) is 0. The summed E-state index contributed by atoms with van der Waals surface area (Å²) >= 11 is 1.49. The molecule has 7 nitrogen and oxygen atoms in total. The van der Waals surface area contributed by atoms with Crippen LogP contribution in [0.15, 0.2) is 65.5 Å². The minimum Gasteiger partial charge on any atom is -0.340 e.